The lowest BCUT2D eigenvalue weighted by molar-refractivity contribution is -0.546. The summed E-state index contributed by atoms with van der Waals surface area (Å²) in [6.07, 6.45) is -9.94. The molecule has 0 aliphatic carbocycles. The second-order valence-electron chi connectivity index (χ2n) is 9.19. The summed E-state index contributed by atoms with van der Waals surface area (Å²) in [5.74, 6) is -14.0. The third-order valence-electron chi connectivity index (χ3n) is 6.15. The van der Waals surface area contributed by atoms with E-state index >= 15 is 0 Å². The monoisotopic (exact) mass is 556 g/mol. The van der Waals surface area contributed by atoms with Gasteiger partial charge >= 0.3 is 18.3 Å². The SMILES string of the molecule is CC12COC(C(F)(F)Oc3ccc(-c4cc(F)c5c(F)c(C(F)(F)F)c(F)cc5c4)c(F)c3F)(OC1)OC2. The third-order valence-corrected chi connectivity index (χ3v) is 6.15. The Labute approximate surface area is 206 Å². The first-order valence-corrected chi connectivity index (χ1v) is 10.7. The minimum Gasteiger partial charge on any atom is -0.423 e. The molecule has 0 spiro atoms. The maximum absolute atomic E-state index is 14.9. The van der Waals surface area contributed by atoms with E-state index in [1.807, 2.05) is 0 Å². The van der Waals surface area contributed by atoms with E-state index in [0.29, 0.717) is 24.3 Å². The van der Waals surface area contributed by atoms with Gasteiger partial charge < -0.3 is 18.9 Å². The van der Waals surface area contributed by atoms with E-state index in [1.165, 1.54) is 0 Å². The molecule has 3 fully saturated rings. The Hall–Kier alpha value is -3.10. The average Bonchev–Trinajstić information content (AvgIpc) is 2.81. The number of halogens is 10. The molecule has 14 heteroatoms. The van der Waals surface area contributed by atoms with Gasteiger partial charge in [-0.05, 0) is 41.3 Å². The van der Waals surface area contributed by atoms with Gasteiger partial charge in [0, 0.05) is 11.0 Å². The van der Waals surface area contributed by atoms with E-state index in [0.717, 1.165) is 0 Å². The summed E-state index contributed by atoms with van der Waals surface area (Å²) >= 11 is 0. The normalized spacial score (nSPS) is 23.8. The van der Waals surface area contributed by atoms with Crippen LogP contribution < -0.4 is 4.74 Å². The van der Waals surface area contributed by atoms with Crippen LogP contribution in [0, 0.1) is 34.5 Å². The zero-order valence-corrected chi connectivity index (χ0v) is 18.9. The first-order valence-electron chi connectivity index (χ1n) is 10.7. The maximum atomic E-state index is 14.9. The lowest BCUT2D eigenvalue weighted by Crippen LogP contribution is -2.68. The molecule has 4 nitrogen and oxygen atoms in total. The molecule has 3 aromatic rings. The van der Waals surface area contributed by atoms with Crippen molar-refractivity contribution in [2.24, 2.45) is 5.41 Å². The number of benzene rings is 3. The number of ether oxygens (including phenoxy) is 4. The van der Waals surface area contributed by atoms with Gasteiger partial charge in [0.1, 0.15) is 23.0 Å². The quantitative estimate of drug-likeness (QED) is 0.327. The van der Waals surface area contributed by atoms with Gasteiger partial charge in [0.25, 0.3) is 0 Å². The average molecular weight is 556 g/mol. The van der Waals surface area contributed by atoms with Gasteiger partial charge in [-0.25, -0.2) is 17.6 Å². The molecule has 0 saturated carbocycles. The predicted molar refractivity (Wildman–Crippen MR) is 108 cm³/mol. The fourth-order valence-corrected chi connectivity index (χ4v) is 4.17. The summed E-state index contributed by atoms with van der Waals surface area (Å²) in [7, 11) is 0. The van der Waals surface area contributed by atoms with E-state index in [-0.39, 0.29) is 25.9 Å². The van der Waals surface area contributed by atoms with Crippen molar-refractivity contribution in [3.8, 4) is 16.9 Å². The van der Waals surface area contributed by atoms with Crippen molar-refractivity contribution >= 4 is 10.8 Å². The van der Waals surface area contributed by atoms with Crippen molar-refractivity contribution < 1.29 is 62.9 Å². The second-order valence-corrected chi connectivity index (χ2v) is 9.19. The fourth-order valence-electron chi connectivity index (χ4n) is 4.17. The van der Waals surface area contributed by atoms with Crippen LogP contribution >= 0.6 is 0 Å². The summed E-state index contributed by atoms with van der Waals surface area (Å²) < 4.78 is 161. The van der Waals surface area contributed by atoms with E-state index in [1.54, 1.807) is 6.92 Å². The Morgan fingerprint density at radius 3 is 1.95 bits per heavy atom. The zero-order chi connectivity index (χ0) is 27.8. The molecule has 3 aliphatic rings. The summed E-state index contributed by atoms with van der Waals surface area (Å²) in [4.78, 5) is 0. The molecule has 38 heavy (non-hydrogen) atoms. The van der Waals surface area contributed by atoms with Crippen LogP contribution in [0.3, 0.4) is 0 Å². The Morgan fingerprint density at radius 2 is 1.37 bits per heavy atom. The highest BCUT2D eigenvalue weighted by molar-refractivity contribution is 5.89. The van der Waals surface area contributed by atoms with Crippen molar-refractivity contribution in [3.05, 3.63) is 65.0 Å². The van der Waals surface area contributed by atoms with Crippen LogP contribution in [-0.2, 0) is 20.4 Å². The minimum absolute atomic E-state index is 0.179. The van der Waals surface area contributed by atoms with Crippen molar-refractivity contribution in [1.29, 1.82) is 0 Å². The van der Waals surface area contributed by atoms with Crippen LogP contribution in [0.1, 0.15) is 12.5 Å². The first-order chi connectivity index (χ1) is 17.6. The van der Waals surface area contributed by atoms with Crippen LogP contribution in [0.25, 0.3) is 21.9 Å². The van der Waals surface area contributed by atoms with E-state index < -0.39 is 86.0 Å². The predicted octanol–water partition coefficient (Wildman–Crippen LogP) is 6.93. The molecule has 3 heterocycles. The topological polar surface area (TPSA) is 36.9 Å². The zero-order valence-electron chi connectivity index (χ0n) is 18.9. The number of hydrogen-bond donors (Lipinski definition) is 0. The Kier molecular flexibility index (Phi) is 5.89. The fraction of sp³-hybridized carbons (Fsp3) is 0.333. The summed E-state index contributed by atoms with van der Waals surface area (Å²) in [6, 6.07) is 2.52. The van der Waals surface area contributed by atoms with Crippen molar-refractivity contribution in [2.45, 2.75) is 25.2 Å². The van der Waals surface area contributed by atoms with E-state index in [4.69, 9.17) is 14.2 Å². The lowest BCUT2D eigenvalue weighted by atomic mass is 9.92. The van der Waals surface area contributed by atoms with Gasteiger partial charge in [-0.1, -0.05) is 6.92 Å². The molecule has 3 aliphatic heterocycles. The van der Waals surface area contributed by atoms with Gasteiger partial charge in [-0.15, -0.1) is 0 Å². The minimum atomic E-state index is -5.48. The van der Waals surface area contributed by atoms with Crippen molar-refractivity contribution in [3.63, 3.8) is 0 Å². The van der Waals surface area contributed by atoms with Gasteiger partial charge in [-0.3, -0.25) is 0 Å². The molecule has 3 saturated heterocycles. The number of hydrogen-bond acceptors (Lipinski definition) is 4. The molecule has 0 amide bonds. The van der Waals surface area contributed by atoms with Crippen LogP contribution in [-0.4, -0.2) is 31.9 Å². The molecule has 3 aromatic carbocycles. The molecule has 204 valence electrons. The smallest absolute Gasteiger partial charge is 0.423 e. The molecular weight excluding hydrogens is 542 g/mol. The van der Waals surface area contributed by atoms with Crippen molar-refractivity contribution in [2.75, 3.05) is 19.8 Å². The van der Waals surface area contributed by atoms with Gasteiger partial charge in [0.15, 0.2) is 11.6 Å². The molecule has 0 N–H and O–H groups in total. The van der Waals surface area contributed by atoms with E-state index in [2.05, 4.69) is 4.74 Å². The maximum Gasteiger partial charge on any atom is 0.484 e. The second kappa shape index (κ2) is 8.45. The highest BCUT2D eigenvalue weighted by Gasteiger charge is 2.68. The Bertz CT molecular complexity index is 1430. The van der Waals surface area contributed by atoms with E-state index in [9.17, 15) is 43.9 Å². The summed E-state index contributed by atoms with van der Waals surface area (Å²) in [5, 5.41) is -1.97. The van der Waals surface area contributed by atoms with Crippen LogP contribution in [0.5, 0.6) is 5.75 Å². The van der Waals surface area contributed by atoms with Crippen LogP contribution in [0.2, 0.25) is 0 Å². The number of rotatable bonds is 4. The molecular formula is C24H14F10O4. The molecule has 0 aromatic heterocycles. The molecule has 0 unspecified atom stereocenters. The van der Waals surface area contributed by atoms with Crippen molar-refractivity contribution in [1.82, 2.24) is 0 Å². The van der Waals surface area contributed by atoms with Crippen LogP contribution in [0.15, 0.2) is 30.3 Å². The highest BCUT2D eigenvalue weighted by Crippen LogP contribution is 2.47. The first kappa shape index (κ1) is 26.5. The van der Waals surface area contributed by atoms with Gasteiger partial charge in [-0.2, -0.15) is 26.3 Å². The Morgan fingerprint density at radius 1 is 0.763 bits per heavy atom. The molecule has 0 atom stereocenters. The summed E-state index contributed by atoms with van der Waals surface area (Å²) in [6.45, 7) is 1.07. The Balaban J connectivity index is 1.51. The number of alkyl halides is 5. The van der Waals surface area contributed by atoms with Gasteiger partial charge in [0.2, 0.25) is 5.82 Å². The number of fused-ring (bicyclic) bond motifs is 4. The molecule has 6 rings (SSSR count). The largest absolute Gasteiger partial charge is 0.484 e. The standard InChI is InChI=1S/C24H14F10O4/c1-21-7-35-24(36-8-21,37-9-21)23(33,34)38-15-3-2-12(18(27)19(15)28)10-4-11-6-14(26)17(22(30,31)32)20(29)16(11)13(25)5-10/h2-6H,7-9H2,1H3. The third kappa shape index (κ3) is 4.05. The van der Waals surface area contributed by atoms with Crippen LogP contribution in [0.4, 0.5) is 43.9 Å². The lowest BCUT2D eigenvalue weighted by Gasteiger charge is -2.51. The van der Waals surface area contributed by atoms with Gasteiger partial charge in [0.05, 0.1) is 25.2 Å². The molecule has 2 bridgehead atoms. The summed E-state index contributed by atoms with van der Waals surface area (Å²) in [5.41, 5.74) is -4.34. The molecule has 0 radical (unpaired) electrons. The highest BCUT2D eigenvalue weighted by atomic mass is 19.4.